The minimum atomic E-state index is -0.585. The number of nitrogens with zero attached hydrogens (tertiary/aromatic N) is 1. The molecule has 1 saturated heterocycles. The average molecular weight is 425 g/mol. The SMILES string of the molecule is NC(=O)C[C@H]1CN(C(=O)c2ccc(F)c(Cl)c2)CC[C@@H]1Oc1cccc(Cl)c1. The molecular weight excluding hydrogens is 406 g/mol. The molecule has 0 bridgehead atoms. The molecule has 28 heavy (non-hydrogen) atoms. The van der Waals surface area contributed by atoms with E-state index >= 15 is 0 Å². The van der Waals surface area contributed by atoms with Gasteiger partial charge < -0.3 is 15.4 Å². The van der Waals surface area contributed by atoms with Gasteiger partial charge in [0, 0.05) is 42.4 Å². The Kier molecular flexibility index (Phi) is 6.42. The van der Waals surface area contributed by atoms with E-state index in [0.717, 1.165) is 6.07 Å². The molecule has 1 fully saturated rings. The summed E-state index contributed by atoms with van der Waals surface area (Å²) in [6, 6.07) is 10.8. The van der Waals surface area contributed by atoms with Crippen LogP contribution in [0.5, 0.6) is 5.75 Å². The molecule has 0 aliphatic carbocycles. The molecular formula is C20H19Cl2FN2O3. The lowest BCUT2D eigenvalue weighted by atomic mass is 9.90. The van der Waals surface area contributed by atoms with Gasteiger partial charge in [-0.15, -0.1) is 0 Å². The number of primary amides is 1. The number of ether oxygens (including phenoxy) is 1. The Morgan fingerprint density at radius 1 is 1.21 bits per heavy atom. The summed E-state index contributed by atoms with van der Waals surface area (Å²) >= 11 is 11.8. The number of carbonyl (C=O) groups is 2. The van der Waals surface area contributed by atoms with Gasteiger partial charge in [0.1, 0.15) is 17.7 Å². The number of piperidine rings is 1. The molecule has 2 atom stereocenters. The third-order valence-electron chi connectivity index (χ3n) is 4.66. The van der Waals surface area contributed by atoms with Gasteiger partial charge in [0.15, 0.2) is 0 Å². The van der Waals surface area contributed by atoms with E-state index in [4.69, 9.17) is 33.7 Å². The number of halogens is 3. The van der Waals surface area contributed by atoms with Crippen molar-refractivity contribution in [2.45, 2.75) is 18.9 Å². The second-order valence-corrected chi connectivity index (χ2v) is 7.56. The molecule has 148 valence electrons. The van der Waals surface area contributed by atoms with E-state index in [0.29, 0.717) is 35.8 Å². The summed E-state index contributed by atoms with van der Waals surface area (Å²) in [5, 5.41) is 0.434. The van der Waals surface area contributed by atoms with Gasteiger partial charge in [-0.25, -0.2) is 4.39 Å². The molecule has 0 radical (unpaired) electrons. The van der Waals surface area contributed by atoms with Crippen LogP contribution in [0.3, 0.4) is 0 Å². The van der Waals surface area contributed by atoms with Crippen LogP contribution in [0.1, 0.15) is 23.2 Å². The van der Waals surface area contributed by atoms with Gasteiger partial charge in [0.25, 0.3) is 5.91 Å². The summed E-state index contributed by atoms with van der Waals surface area (Å²) in [7, 11) is 0. The van der Waals surface area contributed by atoms with Crippen molar-refractivity contribution in [1.29, 1.82) is 0 Å². The highest BCUT2D eigenvalue weighted by atomic mass is 35.5. The highest BCUT2D eigenvalue weighted by molar-refractivity contribution is 6.31. The molecule has 2 aromatic carbocycles. The van der Waals surface area contributed by atoms with Crippen molar-refractivity contribution in [1.82, 2.24) is 4.90 Å². The highest BCUT2D eigenvalue weighted by Crippen LogP contribution is 2.28. The van der Waals surface area contributed by atoms with Gasteiger partial charge in [-0.3, -0.25) is 9.59 Å². The standard InChI is InChI=1S/C20H19Cl2FN2O3/c21-14-2-1-3-15(10-14)28-18-6-7-25(11-13(18)9-19(24)26)20(27)12-4-5-17(23)16(22)8-12/h1-5,8,10,13,18H,6-7,9,11H2,(H2,24,26)/t13-,18-/m0/s1. The van der Waals surface area contributed by atoms with E-state index < -0.39 is 11.7 Å². The lowest BCUT2D eigenvalue weighted by molar-refractivity contribution is -0.120. The molecule has 1 aliphatic rings. The van der Waals surface area contributed by atoms with Crippen LogP contribution < -0.4 is 10.5 Å². The fraction of sp³-hybridized carbons (Fsp3) is 0.300. The number of amides is 2. The Bertz CT molecular complexity index is 894. The quantitative estimate of drug-likeness (QED) is 0.790. The van der Waals surface area contributed by atoms with Crippen molar-refractivity contribution in [3.05, 3.63) is 63.9 Å². The molecule has 2 aromatic rings. The van der Waals surface area contributed by atoms with Gasteiger partial charge in [0.05, 0.1) is 5.02 Å². The molecule has 1 aliphatic heterocycles. The zero-order valence-electron chi connectivity index (χ0n) is 14.9. The number of benzene rings is 2. The van der Waals surface area contributed by atoms with Crippen LogP contribution in [0.4, 0.5) is 4.39 Å². The van der Waals surface area contributed by atoms with Crippen molar-refractivity contribution in [2.75, 3.05) is 13.1 Å². The monoisotopic (exact) mass is 424 g/mol. The summed E-state index contributed by atoms with van der Waals surface area (Å²) < 4.78 is 19.4. The Morgan fingerprint density at radius 2 is 2.00 bits per heavy atom. The largest absolute Gasteiger partial charge is 0.490 e. The smallest absolute Gasteiger partial charge is 0.253 e. The Hall–Kier alpha value is -2.31. The number of hydrogen-bond acceptors (Lipinski definition) is 3. The second kappa shape index (κ2) is 8.80. The number of likely N-dealkylation sites (tertiary alicyclic amines) is 1. The maximum absolute atomic E-state index is 13.4. The molecule has 0 unspecified atom stereocenters. The first kappa shape index (κ1) is 20.4. The van der Waals surface area contributed by atoms with Crippen LogP contribution in [-0.2, 0) is 4.79 Å². The van der Waals surface area contributed by atoms with Crippen LogP contribution in [0.15, 0.2) is 42.5 Å². The van der Waals surface area contributed by atoms with Crippen molar-refractivity contribution in [3.8, 4) is 5.75 Å². The molecule has 0 spiro atoms. The lowest BCUT2D eigenvalue weighted by Crippen LogP contribution is -2.49. The summed E-state index contributed by atoms with van der Waals surface area (Å²) in [6.45, 7) is 0.719. The summed E-state index contributed by atoms with van der Waals surface area (Å²) in [4.78, 5) is 25.9. The topological polar surface area (TPSA) is 72.6 Å². The lowest BCUT2D eigenvalue weighted by Gasteiger charge is -2.38. The Morgan fingerprint density at radius 3 is 2.68 bits per heavy atom. The number of rotatable bonds is 5. The Labute approximate surface area is 172 Å². The molecule has 5 nitrogen and oxygen atoms in total. The van der Waals surface area contributed by atoms with Gasteiger partial charge in [-0.2, -0.15) is 0 Å². The number of carbonyl (C=O) groups excluding carboxylic acids is 2. The minimum Gasteiger partial charge on any atom is -0.490 e. The second-order valence-electron chi connectivity index (χ2n) is 6.71. The average Bonchev–Trinajstić information content (AvgIpc) is 2.64. The van der Waals surface area contributed by atoms with Crippen molar-refractivity contribution in [2.24, 2.45) is 11.7 Å². The zero-order valence-corrected chi connectivity index (χ0v) is 16.4. The zero-order chi connectivity index (χ0) is 20.3. The molecule has 0 saturated carbocycles. The van der Waals surface area contributed by atoms with Gasteiger partial charge >= 0.3 is 0 Å². The molecule has 8 heteroatoms. The predicted octanol–water partition coefficient (Wildman–Crippen LogP) is 3.92. The summed E-state index contributed by atoms with van der Waals surface area (Å²) in [6.07, 6.45) is 0.316. The van der Waals surface area contributed by atoms with Crippen molar-refractivity contribution >= 4 is 35.0 Å². The van der Waals surface area contributed by atoms with Crippen LogP contribution in [0.25, 0.3) is 0 Å². The Balaban J connectivity index is 1.74. The molecule has 1 heterocycles. The number of hydrogen-bond donors (Lipinski definition) is 1. The number of nitrogens with two attached hydrogens (primary N) is 1. The van der Waals surface area contributed by atoms with Crippen LogP contribution in [0, 0.1) is 11.7 Å². The predicted molar refractivity (Wildman–Crippen MR) is 105 cm³/mol. The molecule has 3 rings (SSSR count). The van der Waals surface area contributed by atoms with Gasteiger partial charge in [-0.05, 0) is 36.4 Å². The van der Waals surface area contributed by atoms with E-state index in [1.54, 1.807) is 29.2 Å². The third kappa shape index (κ3) is 4.94. The van der Waals surface area contributed by atoms with Crippen LogP contribution in [-0.4, -0.2) is 35.9 Å². The molecule has 0 aromatic heterocycles. The maximum atomic E-state index is 13.4. The highest BCUT2D eigenvalue weighted by Gasteiger charge is 2.34. The third-order valence-corrected chi connectivity index (χ3v) is 5.19. The first-order valence-corrected chi connectivity index (χ1v) is 9.54. The first-order chi connectivity index (χ1) is 13.3. The van der Waals surface area contributed by atoms with Crippen molar-refractivity contribution < 1.29 is 18.7 Å². The summed E-state index contributed by atoms with van der Waals surface area (Å²) in [5.74, 6) is -1.01. The fourth-order valence-electron chi connectivity index (χ4n) is 3.33. The van der Waals surface area contributed by atoms with Crippen molar-refractivity contribution in [3.63, 3.8) is 0 Å². The van der Waals surface area contributed by atoms with Crippen LogP contribution in [0.2, 0.25) is 10.0 Å². The fourth-order valence-corrected chi connectivity index (χ4v) is 3.69. The molecule has 2 amide bonds. The minimum absolute atomic E-state index is 0.0825. The van der Waals surface area contributed by atoms with Gasteiger partial charge in [-0.1, -0.05) is 29.3 Å². The van der Waals surface area contributed by atoms with E-state index in [1.807, 2.05) is 0 Å². The van der Waals surface area contributed by atoms with Crippen LogP contribution >= 0.6 is 23.2 Å². The van der Waals surface area contributed by atoms with E-state index in [-0.39, 0.29) is 29.4 Å². The normalized spacial score (nSPS) is 19.3. The summed E-state index contributed by atoms with van der Waals surface area (Å²) in [5.41, 5.74) is 5.68. The molecule has 2 N–H and O–H groups in total. The van der Waals surface area contributed by atoms with E-state index in [1.165, 1.54) is 12.1 Å². The van der Waals surface area contributed by atoms with E-state index in [2.05, 4.69) is 0 Å². The van der Waals surface area contributed by atoms with Gasteiger partial charge in [0.2, 0.25) is 5.91 Å². The maximum Gasteiger partial charge on any atom is 0.253 e. The first-order valence-electron chi connectivity index (χ1n) is 8.78. The van der Waals surface area contributed by atoms with E-state index in [9.17, 15) is 14.0 Å².